The molecule has 136 valence electrons. The van der Waals surface area contributed by atoms with E-state index in [1.807, 2.05) is 31.2 Å². The van der Waals surface area contributed by atoms with E-state index in [2.05, 4.69) is 11.4 Å². The molecule has 1 aromatic heterocycles. The molecule has 26 heavy (non-hydrogen) atoms. The van der Waals surface area contributed by atoms with Crippen molar-refractivity contribution >= 4 is 34.0 Å². The van der Waals surface area contributed by atoms with Gasteiger partial charge in [0, 0.05) is 9.77 Å². The second kappa shape index (κ2) is 8.61. The van der Waals surface area contributed by atoms with Crippen LogP contribution in [0.5, 0.6) is 5.75 Å². The molecule has 6 heteroatoms. The first-order valence-corrected chi connectivity index (χ1v) is 10.5. The van der Waals surface area contributed by atoms with E-state index >= 15 is 0 Å². The number of aryl methyl sites for hydroxylation is 1. The van der Waals surface area contributed by atoms with Crippen molar-refractivity contribution in [3.05, 3.63) is 40.3 Å². The number of nitrogens with one attached hydrogen (secondary N) is 1. The number of fused-ring (bicyclic) bond motifs is 1. The topological polar surface area (TPSA) is 62.1 Å². The number of amides is 1. The van der Waals surface area contributed by atoms with Gasteiger partial charge in [0.05, 0.1) is 17.9 Å². The predicted octanol–water partition coefficient (Wildman–Crippen LogP) is 5.02. The Morgan fingerprint density at radius 1 is 1.27 bits per heavy atom. The predicted molar refractivity (Wildman–Crippen MR) is 107 cm³/mol. The normalized spacial score (nSPS) is 14.7. The summed E-state index contributed by atoms with van der Waals surface area (Å²) >= 11 is 3.07. The molecule has 1 N–H and O–H groups in total. The highest BCUT2D eigenvalue weighted by Crippen LogP contribution is 2.37. The highest BCUT2D eigenvalue weighted by Gasteiger charge is 2.23. The van der Waals surface area contributed by atoms with Gasteiger partial charge in [-0.25, -0.2) is 0 Å². The number of nitriles is 1. The minimum atomic E-state index is -0.253. The third kappa shape index (κ3) is 4.22. The van der Waals surface area contributed by atoms with Crippen LogP contribution in [0.1, 0.15) is 42.2 Å². The lowest BCUT2D eigenvalue weighted by Crippen LogP contribution is -2.22. The highest BCUT2D eigenvalue weighted by atomic mass is 32.2. The molecule has 0 bridgehead atoms. The third-order valence-corrected chi connectivity index (χ3v) is 6.83. The fourth-order valence-corrected chi connectivity index (χ4v) is 5.18. The van der Waals surface area contributed by atoms with Gasteiger partial charge >= 0.3 is 0 Å². The van der Waals surface area contributed by atoms with Crippen LogP contribution in [0.2, 0.25) is 0 Å². The summed E-state index contributed by atoms with van der Waals surface area (Å²) in [4.78, 5) is 14.9. The number of nitrogens with zero attached hydrogens (tertiary/aromatic N) is 1. The summed E-state index contributed by atoms with van der Waals surface area (Å²) in [5, 5.41) is 13.0. The molecule has 1 atom stereocenters. The molecule has 1 unspecified atom stereocenters. The van der Waals surface area contributed by atoms with Crippen LogP contribution < -0.4 is 10.1 Å². The number of hydrogen-bond acceptors (Lipinski definition) is 5. The Morgan fingerprint density at radius 2 is 2.00 bits per heavy atom. The molecular weight excluding hydrogens is 364 g/mol. The number of ether oxygens (including phenoxy) is 1. The molecule has 1 aromatic carbocycles. The average Bonchev–Trinajstić information content (AvgIpc) is 2.81. The number of methoxy groups -OCH3 is 1. The van der Waals surface area contributed by atoms with Gasteiger partial charge in [-0.1, -0.05) is 6.42 Å². The summed E-state index contributed by atoms with van der Waals surface area (Å²) in [5.74, 6) is 0.726. The van der Waals surface area contributed by atoms with Crippen LogP contribution in [0.4, 0.5) is 5.00 Å². The minimum absolute atomic E-state index is 0.0706. The molecule has 0 aliphatic heterocycles. The first kappa shape index (κ1) is 18.8. The van der Waals surface area contributed by atoms with Crippen molar-refractivity contribution in [2.24, 2.45) is 0 Å². The van der Waals surface area contributed by atoms with Gasteiger partial charge in [-0.05, 0) is 62.4 Å². The maximum Gasteiger partial charge on any atom is 0.238 e. The highest BCUT2D eigenvalue weighted by molar-refractivity contribution is 8.00. The largest absolute Gasteiger partial charge is 0.497 e. The third-order valence-electron chi connectivity index (χ3n) is 4.51. The molecular formula is C20H22N2O2S2. The van der Waals surface area contributed by atoms with E-state index in [9.17, 15) is 10.1 Å². The second-order valence-electron chi connectivity index (χ2n) is 6.31. The quantitative estimate of drug-likeness (QED) is 0.579. The Hall–Kier alpha value is -1.97. The summed E-state index contributed by atoms with van der Waals surface area (Å²) in [7, 11) is 1.63. The molecule has 0 spiro atoms. The summed E-state index contributed by atoms with van der Waals surface area (Å²) in [6.45, 7) is 1.88. The number of thioether (sulfide) groups is 1. The Labute approximate surface area is 162 Å². The standard InChI is InChI=1S/C20H22N2O2S2/c1-13(25-15-10-8-14(24-2)9-11-15)19(23)22-20-17(12-21)16-6-4-3-5-7-18(16)26-20/h8-11,13H,3-7H2,1-2H3,(H,22,23). The lowest BCUT2D eigenvalue weighted by Gasteiger charge is -2.12. The van der Waals surface area contributed by atoms with E-state index < -0.39 is 0 Å². The van der Waals surface area contributed by atoms with E-state index in [1.54, 1.807) is 18.4 Å². The van der Waals surface area contributed by atoms with E-state index in [0.717, 1.165) is 41.9 Å². The molecule has 0 fully saturated rings. The van der Waals surface area contributed by atoms with Crippen LogP contribution in [0, 0.1) is 11.3 Å². The summed E-state index contributed by atoms with van der Waals surface area (Å²) in [6, 6.07) is 9.98. The Morgan fingerprint density at radius 3 is 2.69 bits per heavy atom. The van der Waals surface area contributed by atoms with Gasteiger partial charge in [0.25, 0.3) is 0 Å². The van der Waals surface area contributed by atoms with Gasteiger partial charge < -0.3 is 10.1 Å². The first-order chi connectivity index (χ1) is 12.6. The monoisotopic (exact) mass is 386 g/mol. The Bertz CT molecular complexity index is 822. The first-order valence-electron chi connectivity index (χ1n) is 8.78. The van der Waals surface area contributed by atoms with E-state index in [4.69, 9.17) is 4.74 Å². The van der Waals surface area contributed by atoms with Gasteiger partial charge in [-0.3, -0.25) is 4.79 Å². The zero-order valence-corrected chi connectivity index (χ0v) is 16.6. The molecule has 0 saturated carbocycles. The van der Waals surface area contributed by atoms with Crippen LogP contribution in [-0.2, 0) is 17.6 Å². The summed E-state index contributed by atoms with van der Waals surface area (Å²) < 4.78 is 5.16. The molecule has 1 amide bonds. The van der Waals surface area contributed by atoms with Gasteiger partial charge in [-0.15, -0.1) is 23.1 Å². The van der Waals surface area contributed by atoms with Crippen molar-refractivity contribution in [1.82, 2.24) is 0 Å². The van der Waals surface area contributed by atoms with E-state index in [0.29, 0.717) is 10.6 Å². The van der Waals surface area contributed by atoms with E-state index in [1.165, 1.54) is 23.1 Å². The number of carbonyl (C=O) groups is 1. The number of thiophene rings is 1. The van der Waals surface area contributed by atoms with Crippen molar-refractivity contribution in [3.63, 3.8) is 0 Å². The van der Waals surface area contributed by atoms with Crippen LogP contribution >= 0.6 is 23.1 Å². The van der Waals surface area contributed by atoms with Crippen molar-refractivity contribution in [2.75, 3.05) is 12.4 Å². The molecule has 4 nitrogen and oxygen atoms in total. The number of carbonyl (C=O) groups excluding carboxylic acids is 1. The van der Waals surface area contributed by atoms with Crippen molar-refractivity contribution in [2.45, 2.75) is 49.2 Å². The summed E-state index contributed by atoms with van der Waals surface area (Å²) in [5.41, 5.74) is 1.82. The van der Waals surface area contributed by atoms with Gasteiger partial charge in [0.15, 0.2) is 0 Å². The minimum Gasteiger partial charge on any atom is -0.497 e. The van der Waals surface area contributed by atoms with Gasteiger partial charge in [-0.2, -0.15) is 5.26 Å². The van der Waals surface area contributed by atoms with Crippen LogP contribution in [0.15, 0.2) is 29.2 Å². The fourth-order valence-electron chi connectivity index (χ4n) is 3.07. The second-order valence-corrected chi connectivity index (χ2v) is 8.82. The summed E-state index contributed by atoms with van der Waals surface area (Å²) in [6.07, 6.45) is 5.45. The zero-order valence-electron chi connectivity index (χ0n) is 15.0. The lowest BCUT2D eigenvalue weighted by molar-refractivity contribution is -0.115. The average molecular weight is 387 g/mol. The molecule has 1 heterocycles. The Balaban J connectivity index is 1.70. The molecule has 1 aliphatic carbocycles. The lowest BCUT2D eigenvalue weighted by atomic mass is 10.1. The van der Waals surface area contributed by atoms with Crippen LogP contribution in [-0.4, -0.2) is 18.3 Å². The van der Waals surface area contributed by atoms with Gasteiger partial charge in [0.1, 0.15) is 16.8 Å². The smallest absolute Gasteiger partial charge is 0.238 e. The Kier molecular flexibility index (Phi) is 6.23. The number of rotatable bonds is 5. The molecule has 1 aliphatic rings. The van der Waals surface area contributed by atoms with Crippen molar-refractivity contribution in [1.29, 1.82) is 5.26 Å². The van der Waals surface area contributed by atoms with Gasteiger partial charge in [0.2, 0.25) is 5.91 Å². The maximum atomic E-state index is 12.6. The number of hydrogen-bond donors (Lipinski definition) is 1. The molecule has 0 radical (unpaired) electrons. The SMILES string of the molecule is COc1ccc(SC(C)C(=O)Nc2sc3c(c2C#N)CCCCC3)cc1. The van der Waals surface area contributed by atoms with Crippen LogP contribution in [0.25, 0.3) is 0 Å². The zero-order chi connectivity index (χ0) is 18.5. The van der Waals surface area contributed by atoms with E-state index in [-0.39, 0.29) is 11.2 Å². The number of anilines is 1. The molecule has 3 rings (SSSR count). The fraction of sp³-hybridized carbons (Fsp3) is 0.400. The molecule has 0 saturated heterocycles. The van der Waals surface area contributed by atoms with Crippen molar-refractivity contribution in [3.8, 4) is 11.8 Å². The van der Waals surface area contributed by atoms with Crippen LogP contribution in [0.3, 0.4) is 0 Å². The molecule has 2 aromatic rings. The maximum absolute atomic E-state index is 12.6. The van der Waals surface area contributed by atoms with Crippen molar-refractivity contribution < 1.29 is 9.53 Å². The number of benzene rings is 1.